The molecule has 0 aliphatic carbocycles. The van der Waals surface area contributed by atoms with Gasteiger partial charge < -0.3 is 25.2 Å². The molecule has 1 saturated heterocycles. The molecule has 0 saturated carbocycles. The molecule has 2 aromatic rings. The number of sulfonamides is 1. The number of hydrogen-bond donors (Lipinski definition) is 3. The molecule has 1 amide bonds. The van der Waals surface area contributed by atoms with E-state index in [1.165, 1.54) is 4.31 Å². The lowest BCUT2D eigenvalue weighted by atomic mass is 10.0. The lowest BCUT2D eigenvalue weighted by Gasteiger charge is -2.30. The van der Waals surface area contributed by atoms with E-state index < -0.39 is 28.3 Å². The molecule has 1 heterocycles. The van der Waals surface area contributed by atoms with Crippen LogP contribution in [0.15, 0.2) is 59.5 Å². The number of nitrogens with zero attached hydrogens (tertiary/aromatic N) is 1. The van der Waals surface area contributed by atoms with E-state index in [1.54, 1.807) is 31.3 Å². The third kappa shape index (κ3) is 7.92. The summed E-state index contributed by atoms with van der Waals surface area (Å²) in [4.78, 5) is 12.7. The lowest BCUT2D eigenvalue weighted by molar-refractivity contribution is 0.0644. The van der Waals surface area contributed by atoms with E-state index in [1.807, 2.05) is 44.2 Å². The summed E-state index contributed by atoms with van der Waals surface area (Å²) in [6.07, 6.45) is -1.25. The van der Waals surface area contributed by atoms with Gasteiger partial charge in [0.25, 0.3) is 0 Å². The second kappa shape index (κ2) is 13.0. The van der Waals surface area contributed by atoms with Crippen LogP contribution in [0.5, 0.6) is 0 Å². The first-order valence-corrected chi connectivity index (χ1v) is 13.7. The summed E-state index contributed by atoms with van der Waals surface area (Å²) < 4.78 is 39.0. The third-order valence-electron chi connectivity index (χ3n) is 5.97. The molecule has 10 heteroatoms. The molecule has 0 radical (unpaired) electrons. The third-order valence-corrected chi connectivity index (χ3v) is 7.81. The van der Waals surface area contributed by atoms with Crippen LogP contribution in [-0.4, -0.2) is 75.5 Å². The fourth-order valence-electron chi connectivity index (χ4n) is 4.05. The molecule has 1 aliphatic heterocycles. The highest BCUT2D eigenvalue weighted by Crippen LogP contribution is 2.21. The van der Waals surface area contributed by atoms with Crippen LogP contribution in [0.2, 0.25) is 0 Å². The second-order valence-electron chi connectivity index (χ2n) is 9.39. The van der Waals surface area contributed by atoms with Crippen LogP contribution in [0.1, 0.15) is 25.8 Å². The van der Waals surface area contributed by atoms with Gasteiger partial charge in [0, 0.05) is 32.2 Å². The van der Waals surface area contributed by atoms with E-state index in [0.29, 0.717) is 26.1 Å². The van der Waals surface area contributed by atoms with Crippen LogP contribution in [0.4, 0.5) is 10.5 Å². The van der Waals surface area contributed by atoms with Crippen molar-refractivity contribution in [1.82, 2.24) is 9.62 Å². The predicted octanol–water partition coefficient (Wildman–Crippen LogP) is 2.86. The Bertz CT molecular complexity index is 1060. The van der Waals surface area contributed by atoms with Crippen molar-refractivity contribution in [2.45, 2.75) is 49.8 Å². The number of hydrogen-bond acceptors (Lipinski definition) is 7. The summed E-state index contributed by atoms with van der Waals surface area (Å²) in [6, 6.07) is 15.1. The average molecular weight is 520 g/mol. The molecule has 36 heavy (non-hydrogen) atoms. The minimum atomic E-state index is -3.88. The van der Waals surface area contributed by atoms with Crippen molar-refractivity contribution in [3.63, 3.8) is 0 Å². The van der Waals surface area contributed by atoms with Crippen molar-refractivity contribution >= 4 is 21.8 Å². The Kier molecular flexibility index (Phi) is 10.1. The lowest BCUT2D eigenvalue weighted by Crippen LogP contribution is -2.51. The number of alkyl carbamates (subject to hydrolysis) is 1. The Morgan fingerprint density at radius 1 is 1.14 bits per heavy atom. The molecule has 1 fully saturated rings. The van der Waals surface area contributed by atoms with Gasteiger partial charge in [0.05, 0.1) is 30.3 Å². The topological polar surface area (TPSA) is 117 Å². The Labute approximate surface area is 213 Å². The fourth-order valence-corrected chi connectivity index (χ4v) is 5.67. The average Bonchev–Trinajstić information content (AvgIpc) is 3.36. The van der Waals surface area contributed by atoms with Gasteiger partial charge in [0.1, 0.15) is 6.10 Å². The van der Waals surface area contributed by atoms with Crippen molar-refractivity contribution in [3.05, 3.63) is 60.2 Å². The molecular weight excluding hydrogens is 482 g/mol. The van der Waals surface area contributed by atoms with Crippen molar-refractivity contribution in [2.24, 2.45) is 5.92 Å². The first-order valence-electron chi connectivity index (χ1n) is 12.2. The van der Waals surface area contributed by atoms with Crippen molar-refractivity contribution in [3.8, 4) is 0 Å². The smallest absolute Gasteiger partial charge is 0.407 e. The van der Waals surface area contributed by atoms with E-state index in [-0.39, 0.29) is 30.0 Å². The summed E-state index contributed by atoms with van der Waals surface area (Å²) >= 11 is 0. The fraction of sp³-hybridized carbons (Fsp3) is 0.500. The monoisotopic (exact) mass is 519 g/mol. The van der Waals surface area contributed by atoms with Crippen LogP contribution in [0.3, 0.4) is 0 Å². The molecule has 0 bridgehead atoms. The Morgan fingerprint density at radius 3 is 2.42 bits per heavy atom. The summed E-state index contributed by atoms with van der Waals surface area (Å²) in [5.41, 5.74) is 1.69. The van der Waals surface area contributed by atoms with Gasteiger partial charge in [0.15, 0.2) is 0 Å². The standard InChI is InChI=1S/C26H37N3O6S/c1-19(2)16-29(36(32,33)23-11-9-21(27-3)10-12-23)17-25(30)24(15-20-7-5-4-6-8-20)28-26(31)35-22-13-14-34-18-22/h4-12,19,22,24-25,27,30H,13-18H2,1-3H3,(H,28,31)/t22-,24-,25+/m0/s1. The largest absolute Gasteiger partial charge is 0.444 e. The molecule has 9 nitrogen and oxygen atoms in total. The van der Waals surface area contributed by atoms with Crippen molar-refractivity contribution in [1.29, 1.82) is 0 Å². The van der Waals surface area contributed by atoms with Gasteiger partial charge in [-0.15, -0.1) is 0 Å². The zero-order chi connectivity index (χ0) is 26.1. The Hall–Kier alpha value is -2.66. The van der Waals surface area contributed by atoms with Gasteiger partial charge in [-0.05, 0) is 42.2 Å². The molecule has 3 atom stereocenters. The van der Waals surface area contributed by atoms with E-state index in [0.717, 1.165) is 11.3 Å². The maximum atomic E-state index is 13.5. The minimum absolute atomic E-state index is 0.0245. The van der Waals surface area contributed by atoms with Gasteiger partial charge in [-0.25, -0.2) is 13.2 Å². The normalized spacial score (nSPS) is 17.7. The molecule has 3 N–H and O–H groups in total. The summed E-state index contributed by atoms with van der Waals surface area (Å²) in [5, 5.41) is 17.0. The molecule has 3 rings (SSSR count). The highest BCUT2D eigenvalue weighted by atomic mass is 32.2. The Balaban J connectivity index is 1.80. The van der Waals surface area contributed by atoms with Crippen LogP contribution >= 0.6 is 0 Å². The van der Waals surface area contributed by atoms with Gasteiger partial charge in [-0.1, -0.05) is 44.2 Å². The van der Waals surface area contributed by atoms with Crippen molar-refractivity contribution in [2.75, 3.05) is 38.7 Å². The van der Waals surface area contributed by atoms with E-state index in [4.69, 9.17) is 9.47 Å². The highest BCUT2D eigenvalue weighted by Gasteiger charge is 2.32. The number of aliphatic hydroxyl groups is 1. The molecule has 0 spiro atoms. The Morgan fingerprint density at radius 2 is 1.83 bits per heavy atom. The van der Waals surface area contributed by atoms with Gasteiger partial charge >= 0.3 is 6.09 Å². The number of aliphatic hydroxyl groups excluding tert-OH is 1. The number of rotatable bonds is 12. The summed E-state index contributed by atoms with van der Waals surface area (Å²) in [5.74, 6) is 0.0245. The van der Waals surface area contributed by atoms with Gasteiger partial charge in [-0.3, -0.25) is 0 Å². The molecule has 198 valence electrons. The van der Waals surface area contributed by atoms with E-state index in [2.05, 4.69) is 10.6 Å². The van der Waals surface area contributed by atoms with Crippen LogP contribution in [0.25, 0.3) is 0 Å². The van der Waals surface area contributed by atoms with Gasteiger partial charge in [0.2, 0.25) is 10.0 Å². The number of carbonyl (C=O) groups is 1. The van der Waals surface area contributed by atoms with Gasteiger partial charge in [-0.2, -0.15) is 4.31 Å². The summed E-state index contributed by atoms with van der Waals surface area (Å²) in [7, 11) is -2.13. The molecule has 0 aromatic heterocycles. The quantitative estimate of drug-likeness (QED) is 0.395. The maximum absolute atomic E-state index is 13.5. The zero-order valence-corrected chi connectivity index (χ0v) is 21.9. The molecule has 0 unspecified atom stereocenters. The number of amides is 1. The molecule has 1 aliphatic rings. The highest BCUT2D eigenvalue weighted by molar-refractivity contribution is 7.89. The van der Waals surface area contributed by atoms with Crippen LogP contribution < -0.4 is 10.6 Å². The number of carbonyl (C=O) groups excluding carboxylic acids is 1. The van der Waals surface area contributed by atoms with E-state index in [9.17, 15) is 18.3 Å². The zero-order valence-electron chi connectivity index (χ0n) is 21.1. The molecule has 2 aromatic carbocycles. The first-order chi connectivity index (χ1) is 17.2. The van der Waals surface area contributed by atoms with Crippen molar-refractivity contribution < 1.29 is 27.8 Å². The molecular formula is C26H37N3O6S. The summed E-state index contributed by atoms with van der Waals surface area (Å²) in [6.45, 7) is 4.74. The SMILES string of the molecule is CNc1ccc(S(=O)(=O)N(CC(C)C)C[C@@H](O)[C@H](Cc2ccccc2)NC(=O)O[C@H]2CCOC2)cc1. The second-order valence-corrected chi connectivity index (χ2v) is 11.3. The maximum Gasteiger partial charge on any atom is 0.407 e. The van der Waals surface area contributed by atoms with Crippen LogP contribution in [0, 0.1) is 5.92 Å². The first kappa shape index (κ1) is 27.9. The minimum Gasteiger partial charge on any atom is -0.444 e. The number of ether oxygens (including phenoxy) is 2. The van der Waals surface area contributed by atoms with Crippen LogP contribution in [-0.2, 0) is 25.9 Å². The number of anilines is 1. The van der Waals surface area contributed by atoms with E-state index >= 15 is 0 Å². The number of benzene rings is 2. The predicted molar refractivity (Wildman–Crippen MR) is 138 cm³/mol. The number of nitrogens with one attached hydrogen (secondary N) is 2.